The van der Waals surface area contributed by atoms with Crippen molar-refractivity contribution >= 4 is 17.5 Å². The summed E-state index contributed by atoms with van der Waals surface area (Å²) < 4.78 is 18.7. The van der Waals surface area contributed by atoms with Crippen LogP contribution in [0.4, 0.5) is 20.6 Å². The minimum absolute atomic E-state index is 0.133. The summed E-state index contributed by atoms with van der Waals surface area (Å²) in [6, 6.07) is 4.13. The number of benzene rings is 1. The van der Waals surface area contributed by atoms with Gasteiger partial charge in [-0.3, -0.25) is 4.90 Å². The molecule has 4 nitrogen and oxygen atoms in total. The molecule has 0 spiro atoms. The summed E-state index contributed by atoms with van der Waals surface area (Å²) in [4.78, 5) is 12.8. The highest BCUT2D eigenvalue weighted by Gasteiger charge is 2.22. The summed E-state index contributed by atoms with van der Waals surface area (Å²) in [5.74, 6) is -0.557. The first kappa shape index (κ1) is 13.3. The molecule has 0 aliphatic carbocycles. The number of halogens is 1. The van der Waals surface area contributed by atoms with Crippen molar-refractivity contribution in [2.45, 2.75) is 26.4 Å². The van der Waals surface area contributed by atoms with E-state index in [1.54, 1.807) is 20.8 Å². The summed E-state index contributed by atoms with van der Waals surface area (Å²) in [5.41, 5.74) is 5.26. The van der Waals surface area contributed by atoms with Crippen LogP contribution in [-0.4, -0.2) is 18.7 Å². The summed E-state index contributed by atoms with van der Waals surface area (Å²) in [6.07, 6.45) is -0.610. The molecule has 0 fully saturated rings. The molecule has 0 saturated carbocycles. The van der Waals surface area contributed by atoms with E-state index in [4.69, 9.17) is 10.5 Å². The van der Waals surface area contributed by atoms with Gasteiger partial charge in [0.05, 0.1) is 5.69 Å². The van der Waals surface area contributed by atoms with Gasteiger partial charge in [-0.15, -0.1) is 0 Å². The van der Waals surface area contributed by atoms with Crippen molar-refractivity contribution in [3.63, 3.8) is 0 Å². The van der Waals surface area contributed by atoms with Crippen molar-refractivity contribution in [2.75, 3.05) is 17.7 Å². The fourth-order valence-corrected chi connectivity index (χ4v) is 1.22. The van der Waals surface area contributed by atoms with E-state index in [2.05, 4.69) is 0 Å². The molecule has 0 aromatic heterocycles. The Morgan fingerprint density at radius 3 is 2.47 bits per heavy atom. The molecule has 0 aliphatic heterocycles. The zero-order chi connectivity index (χ0) is 13.2. The average molecular weight is 240 g/mol. The highest BCUT2D eigenvalue weighted by molar-refractivity contribution is 5.87. The number of carbonyl (C=O) groups is 1. The standard InChI is InChI=1S/C12H17FN2O2/c1-12(2,3)17-11(16)15(4)10-6-5-8(14)7-9(10)13/h5-7H,14H2,1-4H3. The Bertz CT molecular complexity index is 427. The van der Waals surface area contributed by atoms with Crippen molar-refractivity contribution in [3.05, 3.63) is 24.0 Å². The maximum absolute atomic E-state index is 13.6. The lowest BCUT2D eigenvalue weighted by molar-refractivity contribution is 0.0588. The third kappa shape index (κ3) is 3.62. The second-order valence-electron chi connectivity index (χ2n) is 4.75. The number of anilines is 2. The minimum Gasteiger partial charge on any atom is -0.443 e. The van der Waals surface area contributed by atoms with Crippen LogP contribution in [0.15, 0.2) is 18.2 Å². The van der Waals surface area contributed by atoms with Crippen molar-refractivity contribution in [2.24, 2.45) is 0 Å². The molecular weight excluding hydrogens is 223 g/mol. The number of nitrogens with two attached hydrogens (primary N) is 1. The summed E-state index contributed by atoms with van der Waals surface area (Å²) in [6.45, 7) is 5.24. The number of rotatable bonds is 1. The first-order valence-corrected chi connectivity index (χ1v) is 5.22. The molecule has 0 aliphatic rings. The van der Waals surface area contributed by atoms with Crippen LogP contribution in [0.1, 0.15) is 20.8 Å². The molecule has 2 N–H and O–H groups in total. The average Bonchev–Trinajstić information content (AvgIpc) is 2.14. The lowest BCUT2D eigenvalue weighted by Gasteiger charge is -2.24. The van der Waals surface area contributed by atoms with Crippen LogP contribution >= 0.6 is 0 Å². The maximum atomic E-state index is 13.6. The Morgan fingerprint density at radius 2 is 2.00 bits per heavy atom. The van der Waals surface area contributed by atoms with Crippen LogP contribution in [-0.2, 0) is 4.74 Å². The van der Waals surface area contributed by atoms with E-state index < -0.39 is 17.5 Å². The Balaban J connectivity index is 2.89. The smallest absolute Gasteiger partial charge is 0.414 e. The summed E-state index contributed by atoms with van der Waals surface area (Å²) in [5, 5.41) is 0. The molecule has 0 unspecified atom stereocenters. The largest absolute Gasteiger partial charge is 0.443 e. The normalized spacial score (nSPS) is 11.1. The SMILES string of the molecule is CN(C(=O)OC(C)(C)C)c1ccc(N)cc1F. The van der Waals surface area contributed by atoms with Gasteiger partial charge >= 0.3 is 6.09 Å². The first-order chi connectivity index (χ1) is 7.70. The Labute approximate surface area is 100 Å². The van der Waals surface area contributed by atoms with Gasteiger partial charge in [0.2, 0.25) is 0 Å². The van der Waals surface area contributed by atoms with Crippen LogP contribution in [0.5, 0.6) is 0 Å². The van der Waals surface area contributed by atoms with Crippen molar-refractivity contribution < 1.29 is 13.9 Å². The predicted molar refractivity (Wildman–Crippen MR) is 65.4 cm³/mol. The predicted octanol–water partition coefficient (Wildman–Crippen LogP) is 2.78. The van der Waals surface area contributed by atoms with Gasteiger partial charge in [-0.05, 0) is 39.0 Å². The molecule has 0 heterocycles. The number of nitrogens with zero attached hydrogens (tertiary/aromatic N) is 1. The van der Waals surface area contributed by atoms with Crippen molar-refractivity contribution in [1.29, 1.82) is 0 Å². The fraction of sp³-hybridized carbons (Fsp3) is 0.417. The Hall–Kier alpha value is -1.78. The van der Waals surface area contributed by atoms with Gasteiger partial charge in [-0.25, -0.2) is 9.18 Å². The van der Waals surface area contributed by atoms with Crippen molar-refractivity contribution in [3.8, 4) is 0 Å². The first-order valence-electron chi connectivity index (χ1n) is 5.22. The molecule has 1 amide bonds. The molecule has 17 heavy (non-hydrogen) atoms. The molecule has 1 aromatic rings. The number of hydrogen-bond acceptors (Lipinski definition) is 3. The maximum Gasteiger partial charge on any atom is 0.414 e. The quantitative estimate of drug-likeness (QED) is 0.768. The van der Waals surface area contributed by atoms with Gasteiger partial charge in [0, 0.05) is 12.7 Å². The van der Waals surface area contributed by atoms with E-state index >= 15 is 0 Å². The van der Waals surface area contributed by atoms with Crippen LogP contribution in [0, 0.1) is 5.82 Å². The number of amides is 1. The van der Waals surface area contributed by atoms with Gasteiger partial charge in [0.1, 0.15) is 11.4 Å². The van der Waals surface area contributed by atoms with E-state index in [-0.39, 0.29) is 5.69 Å². The second-order valence-corrected chi connectivity index (χ2v) is 4.75. The van der Waals surface area contributed by atoms with E-state index in [1.807, 2.05) is 0 Å². The number of carbonyl (C=O) groups excluding carboxylic acids is 1. The van der Waals surface area contributed by atoms with Gasteiger partial charge in [-0.2, -0.15) is 0 Å². The molecule has 0 atom stereocenters. The van der Waals surface area contributed by atoms with E-state index in [1.165, 1.54) is 19.2 Å². The molecule has 1 aromatic carbocycles. The van der Waals surface area contributed by atoms with Gasteiger partial charge in [0.25, 0.3) is 0 Å². The zero-order valence-electron chi connectivity index (χ0n) is 10.5. The van der Waals surface area contributed by atoms with E-state index in [9.17, 15) is 9.18 Å². The number of nitrogen functional groups attached to an aromatic ring is 1. The van der Waals surface area contributed by atoms with Gasteiger partial charge in [-0.1, -0.05) is 0 Å². The van der Waals surface area contributed by atoms with Crippen molar-refractivity contribution in [1.82, 2.24) is 0 Å². The van der Waals surface area contributed by atoms with Gasteiger partial charge < -0.3 is 10.5 Å². The summed E-state index contributed by atoms with van der Waals surface area (Å²) >= 11 is 0. The molecule has 0 bridgehead atoms. The Kier molecular flexibility index (Phi) is 3.60. The Morgan fingerprint density at radius 1 is 1.41 bits per heavy atom. The lowest BCUT2D eigenvalue weighted by atomic mass is 10.2. The van der Waals surface area contributed by atoms with Crippen LogP contribution in [0.25, 0.3) is 0 Å². The number of hydrogen-bond donors (Lipinski definition) is 1. The third-order valence-electron chi connectivity index (χ3n) is 2.00. The minimum atomic E-state index is -0.615. The van der Waals surface area contributed by atoms with E-state index in [0.29, 0.717) is 5.69 Å². The highest BCUT2D eigenvalue weighted by Crippen LogP contribution is 2.22. The summed E-state index contributed by atoms with van der Waals surface area (Å²) in [7, 11) is 1.45. The van der Waals surface area contributed by atoms with Crippen LogP contribution in [0.2, 0.25) is 0 Å². The van der Waals surface area contributed by atoms with Crippen LogP contribution < -0.4 is 10.6 Å². The second kappa shape index (κ2) is 4.61. The van der Waals surface area contributed by atoms with Crippen LogP contribution in [0.3, 0.4) is 0 Å². The monoisotopic (exact) mass is 240 g/mol. The molecule has 0 saturated heterocycles. The third-order valence-corrected chi connectivity index (χ3v) is 2.00. The molecule has 94 valence electrons. The topological polar surface area (TPSA) is 55.6 Å². The highest BCUT2D eigenvalue weighted by atomic mass is 19.1. The zero-order valence-corrected chi connectivity index (χ0v) is 10.5. The van der Waals surface area contributed by atoms with E-state index in [0.717, 1.165) is 11.0 Å². The fourth-order valence-electron chi connectivity index (χ4n) is 1.22. The molecule has 1 rings (SSSR count). The molecule has 0 radical (unpaired) electrons. The number of ether oxygens (including phenoxy) is 1. The van der Waals surface area contributed by atoms with Gasteiger partial charge in [0.15, 0.2) is 0 Å². The lowest BCUT2D eigenvalue weighted by Crippen LogP contribution is -2.34. The molecule has 5 heteroatoms. The molecular formula is C12H17FN2O2.